The summed E-state index contributed by atoms with van der Waals surface area (Å²) in [6.45, 7) is 3.11. The third-order valence-corrected chi connectivity index (χ3v) is 1.89. The number of methoxy groups -OCH3 is 1. The van der Waals surface area contributed by atoms with E-state index in [-0.39, 0.29) is 5.82 Å². The van der Waals surface area contributed by atoms with Crippen LogP contribution in [0.25, 0.3) is 0 Å². The number of benzene rings is 1. The number of aryl methyl sites for hydroxylation is 1. The first-order valence-electron chi connectivity index (χ1n) is 4.62. The van der Waals surface area contributed by atoms with E-state index in [0.717, 1.165) is 17.7 Å². The van der Waals surface area contributed by atoms with Crippen LogP contribution in [0.5, 0.6) is 5.75 Å². The molecule has 0 fully saturated rings. The van der Waals surface area contributed by atoms with E-state index in [1.165, 1.54) is 12.1 Å². The van der Waals surface area contributed by atoms with E-state index in [4.69, 9.17) is 9.47 Å². The lowest BCUT2D eigenvalue weighted by Crippen LogP contribution is -2.02. The van der Waals surface area contributed by atoms with E-state index in [1.54, 1.807) is 13.2 Å². The highest BCUT2D eigenvalue weighted by molar-refractivity contribution is 5.32. The van der Waals surface area contributed by atoms with Crippen molar-refractivity contribution in [2.24, 2.45) is 0 Å². The molecule has 0 aromatic heterocycles. The van der Waals surface area contributed by atoms with Gasteiger partial charge in [-0.1, -0.05) is 0 Å². The topological polar surface area (TPSA) is 18.5 Å². The molecule has 1 aromatic rings. The average molecular weight is 198 g/mol. The standard InChI is InChI=1S/C11H15FO2/c1-9-8-10(12)4-5-11(9)14-7-3-6-13-2/h4-5,8H,3,6-7H2,1-2H3. The summed E-state index contributed by atoms with van der Waals surface area (Å²) in [5, 5.41) is 0. The lowest BCUT2D eigenvalue weighted by Gasteiger charge is -2.08. The Balaban J connectivity index is 2.42. The van der Waals surface area contributed by atoms with Crippen LogP contribution in [0.15, 0.2) is 18.2 Å². The molecule has 0 bridgehead atoms. The zero-order valence-corrected chi connectivity index (χ0v) is 8.55. The fourth-order valence-electron chi connectivity index (χ4n) is 1.16. The van der Waals surface area contributed by atoms with Crippen LogP contribution in [0.1, 0.15) is 12.0 Å². The van der Waals surface area contributed by atoms with Crippen LogP contribution in [-0.2, 0) is 4.74 Å². The van der Waals surface area contributed by atoms with Crippen molar-refractivity contribution in [1.82, 2.24) is 0 Å². The molecule has 0 heterocycles. The summed E-state index contributed by atoms with van der Waals surface area (Å²) in [6.07, 6.45) is 0.841. The Morgan fingerprint density at radius 3 is 2.71 bits per heavy atom. The molecule has 0 saturated heterocycles. The maximum absolute atomic E-state index is 12.7. The van der Waals surface area contributed by atoms with Crippen LogP contribution >= 0.6 is 0 Å². The lowest BCUT2D eigenvalue weighted by atomic mass is 10.2. The normalized spacial score (nSPS) is 10.2. The molecule has 3 heteroatoms. The monoisotopic (exact) mass is 198 g/mol. The minimum absolute atomic E-state index is 0.230. The van der Waals surface area contributed by atoms with Crippen LogP contribution < -0.4 is 4.74 Å². The highest BCUT2D eigenvalue weighted by Crippen LogP contribution is 2.18. The Kier molecular flexibility index (Phi) is 4.40. The predicted molar refractivity (Wildman–Crippen MR) is 53.1 cm³/mol. The molecule has 0 unspecified atom stereocenters. The van der Waals surface area contributed by atoms with Crippen molar-refractivity contribution in [3.8, 4) is 5.75 Å². The SMILES string of the molecule is COCCCOc1ccc(F)cc1C. The van der Waals surface area contributed by atoms with E-state index in [1.807, 2.05) is 6.92 Å². The van der Waals surface area contributed by atoms with Crippen molar-refractivity contribution in [2.75, 3.05) is 20.3 Å². The Labute approximate surface area is 83.6 Å². The summed E-state index contributed by atoms with van der Waals surface area (Å²) in [4.78, 5) is 0. The van der Waals surface area contributed by atoms with Crippen molar-refractivity contribution in [3.63, 3.8) is 0 Å². The van der Waals surface area contributed by atoms with Crippen LogP contribution in [0.4, 0.5) is 4.39 Å². The minimum atomic E-state index is -0.230. The number of rotatable bonds is 5. The molecule has 1 aromatic carbocycles. The summed E-state index contributed by atoms with van der Waals surface area (Å²) in [5.74, 6) is 0.509. The quantitative estimate of drug-likeness (QED) is 0.677. The third kappa shape index (κ3) is 3.34. The number of hydrogen-bond acceptors (Lipinski definition) is 2. The number of halogens is 1. The summed E-state index contributed by atoms with van der Waals surface area (Å²) in [5.41, 5.74) is 0.822. The maximum atomic E-state index is 12.7. The molecule has 0 saturated carbocycles. The van der Waals surface area contributed by atoms with Gasteiger partial charge in [0, 0.05) is 20.1 Å². The average Bonchev–Trinajstić information content (AvgIpc) is 2.15. The first-order chi connectivity index (χ1) is 6.74. The van der Waals surface area contributed by atoms with Crippen LogP contribution in [0.3, 0.4) is 0 Å². The van der Waals surface area contributed by atoms with Gasteiger partial charge in [0.1, 0.15) is 11.6 Å². The molecule has 0 spiro atoms. The van der Waals surface area contributed by atoms with Gasteiger partial charge < -0.3 is 9.47 Å². The summed E-state index contributed by atoms with van der Waals surface area (Å²) >= 11 is 0. The summed E-state index contributed by atoms with van der Waals surface area (Å²) in [6, 6.07) is 4.52. The van der Waals surface area contributed by atoms with Gasteiger partial charge in [-0.3, -0.25) is 0 Å². The van der Waals surface area contributed by atoms with Gasteiger partial charge >= 0.3 is 0 Å². The summed E-state index contributed by atoms with van der Waals surface area (Å²) < 4.78 is 23.1. The van der Waals surface area contributed by atoms with Gasteiger partial charge in [0.25, 0.3) is 0 Å². The molecule has 0 aliphatic heterocycles. The molecule has 0 radical (unpaired) electrons. The second-order valence-corrected chi connectivity index (χ2v) is 3.10. The van der Waals surface area contributed by atoms with Gasteiger partial charge in [0.15, 0.2) is 0 Å². The molecule has 0 atom stereocenters. The second-order valence-electron chi connectivity index (χ2n) is 3.10. The third-order valence-electron chi connectivity index (χ3n) is 1.89. The Bertz CT molecular complexity index is 287. The molecule has 0 amide bonds. The van der Waals surface area contributed by atoms with Crippen LogP contribution in [0, 0.1) is 12.7 Å². The van der Waals surface area contributed by atoms with Crippen molar-refractivity contribution in [1.29, 1.82) is 0 Å². The Hall–Kier alpha value is -1.09. The highest BCUT2D eigenvalue weighted by Gasteiger charge is 2.00. The van der Waals surface area contributed by atoms with Crippen molar-refractivity contribution in [3.05, 3.63) is 29.6 Å². The maximum Gasteiger partial charge on any atom is 0.123 e. The van der Waals surface area contributed by atoms with Gasteiger partial charge in [-0.25, -0.2) is 4.39 Å². The number of ether oxygens (including phenoxy) is 2. The molecule has 78 valence electrons. The molecule has 14 heavy (non-hydrogen) atoms. The van der Waals surface area contributed by atoms with Crippen molar-refractivity contribution in [2.45, 2.75) is 13.3 Å². The minimum Gasteiger partial charge on any atom is -0.493 e. The summed E-state index contributed by atoms with van der Waals surface area (Å²) in [7, 11) is 1.66. The van der Waals surface area contributed by atoms with Crippen LogP contribution in [0.2, 0.25) is 0 Å². The fraction of sp³-hybridized carbons (Fsp3) is 0.455. The van der Waals surface area contributed by atoms with Gasteiger partial charge in [0.2, 0.25) is 0 Å². The Morgan fingerprint density at radius 2 is 2.07 bits per heavy atom. The molecule has 0 aliphatic carbocycles. The Morgan fingerprint density at radius 1 is 1.29 bits per heavy atom. The fourth-order valence-corrected chi connectivity index (χ4v) is 1.16. The molecule has 2 nitrogen and oxygen atoms in total. The predicted octanol–water partition coefficient (Wildman–Crippen LogP) is 2.55. The molecular formula is C11H15FO2. The van der Waals surface area contributed by atoms with Crippen molar-refractivity contribution >= 4 is 0 Å². The van der Waals surface area contributed by atoms with E-state index < -0.39 is 0 Å². The molecule has 0 aliphatic rings. The highest BCUT2D eigenvalue weighted by atomic mass is 19.1. The van der Waals surface area contributed by atoms with Gasteiger partial charge in [-0.2, -0.15) is 0 Å². The van der Waals surface area contributed by atoms with Gasteiger partial charge in [-0.15, -0.1) is 0 Å². The van der Waals surface area contributed by atoms with Gasteiger partial charge in [0.05, 0.1) is 6.61 Å². The zero-order valence-electron chi connectivity index (χ0n) is 8.55. The smallest absolute Gasteiger partial charge is 0.123 e. The molecule has 0 N–H and O–H groups in total. The van der Waals surface area contributed by atoms with Crippen molar-refractivity contribution < 1.29 is 13.9 Å². The zero-order chi connectivity index (χ0) is 10.4. The molecule has 1 rings (SSSR count). The largest absolute Gasteiger partial charge is 0.493 e. The lowest BCUT2D eigenvalue weighted by molar-refractivity contribution is 0.172. The second kappa shape index (κ2) is 5.60. The van der Waals surface area contributed by atoms with E-state index in [9.17, 15) is 4.39 Å². The van der Waals surface area contributed by atoms with Crippen LogP contribution in [-0.4, -0.2) is 20.3 Å². The van der Waals surface area contributed by atoms with E-state index >= 15 is 0 Å². The van der Waals surface area contributed by atoms with E-state index in [0.29, 0.717) is 13.2 Å². The molecular weight excluding hydrogens is 183 g/mol. The van der Waals surface area contributed by atoms with Gasteiger partial charge in [-0.05, 0) is 30.7 Å². The van der Waals surface area contributed by atoms with E-state index in [2.05, 4.69) is 0 Å². The first-order valence-corrected chi connectivity index (χ1v) is 4.62. The number of hydrogen-bond donors (Lipinski definition) is 0. The first kappa shape index (κ1) is 11.0.